The number of para-hydroxylation sites is 1. The van der Waals surface area contributed by atoms with Gasteiger partial charge in [0.15, 0.2) is 0 Å². The summed E-state index contributed by atoms with van der Waals surface area (Å²) in [5.74, 6) is -0.544. The van der Waals surface area contributed by atoms with Crippen molar-refractivity contribution in [1.29, 1.82) is 0 Å². The van der Waals surface area contributed by atoms with Gasteiger partial charge in [-0.2, -0.15) is 0 Å². The van der Waals surface area contributed by atoms with Crippen molar-refractivity contribution in [3.05, 3.63) is 54.1 Å². The third kappa shape index (κ3) is 2.99. The van der Waals surface area contributed by atoms with Gasteiger partial charge in [-0.3, -0.25) is 4.79 Å². The molecule has 0 fully saturated rings. The summed E-state index contributed by atoms with van der Waals surface area (Å²) in [5.41, 5.74) is 6.19. The van der Waals surface area contributed by atoms with Gasteiger partial charge in [-0.1, -0.05) is 18.2 Å². The van der Waals surface area contributed by atoms with Gasteiger partial charge in [0.1, 0.15) is 11.3 Å². The Morgan fingerprint density at radius 1 is 1.20 bits per heavy atom. The van der Waals surface area contributed by atoms with E-state index in [0.29, 0.717) is 28.9 Å². The van der Waals surface area contributed by atoms with Gasteiger partial charge in [0, 0.05) is 11.1 Å². The minimum Gasteiger partial charge on any atom is -0.494 e. The Hall–Kier alpha value is -3.48. The molecule has 0 radical (unpaired) electrons. The first kappa shape index (κ1) is 16.4. The monoisotopic (exact) mass is 339 g/mol. The van der Waals surface area contributed by atoms with E-state index in [9.17, 15) is 14.7 Å². The maximum absolute atomic E-state index is 12.7. The molecule has 0 saturated carbocycles. The van der Waals surface area contributed by atoms with Gasteiger partial charge in [0.2, 0.25) is 5.88 Å². The van der Waals surface area contributed by atoms with Crippen LogP contribution in [0, 0.1) is 0 Å². The first-order chi connectivity index (χ1) is 12.0. The van der Waals surface area contributed by atoms with Crippen molar-refractivity contribution >= 4 is 28.5 Å². The van der Waals surface area contributed by atoms with Crippen LogP contribution in [0.2, 0.25) is 0 Å². The molecular weight excluding hydrogens is 322 g/mol. The zero-order valence-corrected chi connectivity index (χ0v) is 13.5. The molecule has 1 aromatic heterocycles. The van der Waals surface area contributed by atoms with Gasteiger partial charge in [0.25, 0.3) is 5.91 Å². The second-order valence-corrected chi connectivity index (χ2v) is 5.30. The number of hydrogen-bond acceptors (Lipinski definition) is 4. The number of aromatic nitrogens is 1. The standard InChI is InChI=1S/C18H17N3O4/c1-2-25-12-8-9-14-13(10-12)15(17(23)21(14)18(19)24)16(22)20-11-6-4-3-5-7-11/h3-10,23H,2H2,1H3,(H2,19,24)(H,20,22). The second kappa shape index (κ2) is 6.56. The van der Waals surface area contributed by atoms with E-state index in [2.05, 4.69) is 5.32 Å². The van der Waals surface area contributed by atoms with Crippen LogP contribution in [0.15, 0.2) is 48.5 Å². The van der Waals surface area contributed by atoms with Crippen LogP contribution in [0.3, 0.4) is 0 Å². The molecule has 3 rings (SSSR count). The van der Waals surface area contributed by atoms with Crippen LogP contribution < -0.4 is 15.8 Å². The summed E-state index contributed by atoms with van der Waals surface area (Å²) >= 11 is 0. The molecule has 0 saturated heterocycles. The van der Waals surface area contributed by atoms with Gasteiger partial charge in [-0.15, -0.1) is 0 Å². The molecule has 0 aliphatic heterocycles. The number of hydrogen-bond donors (Lipinski definition) is 3. The molecule has 7 heteroatoms. The number of ether oxygens (including phenoxy) is 1. The normalized spacial score (nSPS) is 10.6. The lowest BCUT2D eigenvalue weighted by molar-refractivity contribution is 0.102. The summed E-state index contributed by atoms with van der Waals surface area (Å²) in [7, 11) is 0. The minimum absolute atomic E-state index is 0.0424. The summed E-state index contributed by atoms with van der Waals surface area (Å²) < 4.78 is 6.33. The molecule has 0 atom stereocenters. The van der Waals surface area contributed by atoms with E-state index in [-0.39, 0.29) is 5.56 Å². The zero-order chi connectivity index (χ0) is 18.0. The second-order valence-electron chi connectivity index (χ2n) is 5.30. The highest BCUT2D eigenvalue weighted by atomic mass is 16.5. The number of carbonyl (C=O) groups excluding carboxylic acids is 2. The lowest BCUT2D eigenvalue weighted by Gasteiger charge is -2.05. The molecule has 2 aromatic carbocycles. The van der Waals surface area contributed by atoms with Gasteiger partial charge in [-0.25, -0.2) is 9.36 Å². The number of benzene rings is 2. The van der Waals surface area contributed by atoms with Gasteiger partial charge in [-0.05, 0) is 37.3 Å². The third-order valence-corrected chi connectivity index (χ3v) is 3.70. The molecule has 2 amide bonds. The van der Waals surface area contributed by atoms with Crippen LogP contribution in [-0.2, 0) is 0 Å². The Labute approximate surface area is 143 Å². The lowest BCUT2D eigenvalue weighted by Crippen LogP contribution is -2.19. The maximum Gasteiger partial charge on any atom is 0.326 e. The number of anilines is 1. The first-order valence-corrected chi connectivity index (χ1v) is 7.69. The van der Waals surface area contributed by atoms with Gasteiger partial charge >= 0.3 is 6.03 Å². The van der Waals surface area contributed by atoms with Crippen molar-refractivity contribution in [1.82, 2.24) is 4.57 Å². The zero-order valence-electron chi connectivity index (χ0n) is 13.5. The minimum atomic E-state index is -0.884. The number of fused-ring (bicyclic) bond motifs is 1. The summed E-state index contributed by atoms with van der Waals surface area (Å²) in [6, 6.07) is 12.7. The Balaban J connectivity index is 2.14. The van der Waals surface area contributed by atoms with Gasteiger partial charge in [0.05, 0.1) is 12.1 Å². The van der Waals surface area contributed by atoms with Crippen LogP contribution in [0.5, 0.6) is 11.6 Å². The van der Waals surface area contributed by atoms with Crippen molar-refractivity contribution in [2.75, 3.05) is 11.9 Å². The van der Waals surface area contributed by atoms with Crippen molar-refractivity contribution < 1.29 is 19.4 Å². The fourth-order valence-corrected chi connectivity index (χ4v) is 2.68. The average Bonchev–Trinajstić information content (AvgIpc) is 2.87. The molecule has 128 valence electrons. The van der Waals surface area contributed by atoms with Gasteiger partial charge < -0.3 is 20.9 Å². The van der Waals surface area contributed by atoms with E-state index < -0.39 is 17.8 Å². The third-order valence-electron chi connectivity index (χ3n) is 3.70. The number of rotatable bonds is 4. The van der Waals surface area contributed by atoms with E-state index in [0.717, 1.165) is 4.57 Å². The van der Waals surface area contributed by atoms with Crippen LogP contribution in [0.25, 0.3) is 10.9 Å². The number of nitrogens with two attached hydrogens (primary N) is 1. The Kier molecular flexibility index (Phi) is 4.30. The quantitative estimate of drug-likeness (QED) is 0.679. The molecule has 0 aliphatic rings. The summed E-state index contributed by atoms with van der Waals surface area (Å²) in [6.07, 6.45) is 0. The molecule has 0 aliphatic carbocycles. The molecule has 4 N–H and O–H groups in total. The highest BCUT2D eigenvalue weighted by Crippen LogP contribution is 2.34. The van der Waals surface area contributed by atoms with Crippen LogP contribution in [0.1, 0.15) is 17.3 Å². The van der Waals surface area contributed by atoms with E-state index in [1.807, 2.05) is 13.0 Å². The topological polar surface area (TPSA) is 107 Å². The van der Waals surface area contributed by atoms with Crippen molar-refractivity contribution in [2.45, 2.75) is 6.92 Å². The molecule has 0 spiro atoms. The highest BCUT2D eigenvalue weighted by Gasteiger charge is 2.25. The van der Waals surface area contributed by atoms with Crippen molar-refractivity contribution in [3.63, 3.8) is 0 Å². The Morgan fingerprint density at radius 2 is 1.92 bits per heavy atom. The van der Waals surface area contributed by atoms with Crippen molar-refractivity contribution in [2.24, 2.45) is 5.73 Å². The van der Waals surface area contributed by atoms with Crippen LogP contribution in [0.4, 0.5) is 10.5 Å². The number of nitrogens with one attached hydrogen (secondary N) is 1. The number of carbonyl (C=O) groups is 2. The number of nitrogens with zero attached hydrogens (tertiary/aromatic N) is 1. The maximum atomic E-state index is 12.7. The number of amides is 2. The largest absolute Gasteiger partial charge is 0.494 e. The van der Waals surface area contributed by atoms with E-state index in [1.165, 1.54) is 0 Å². The predicted octanol–water partition coefficient (Wildman–Crippen LogP) is 2.92. The lowest BCUT2D eigenvalue weighted by atomic mass is 10.1. The highest BCUT2D eigenvalue weighted by molar-refractivity contribution is 6.16. The SMILES string of the molecule is CCOc1ccc2c(c1)c(C(=O)Nc1ccccc1)c(O)n2C(N)=O. The average molecular weight is 339 g/mol. The smallest absolute Gasteiger partial charge is 0.326 e. The van der Waals surface area contributed by atoms with E-state index in [4.69, 9.17) is 10.5 Å². The summed E-state index contributed by atoms with van der Waals surface area (Å²) in [4.78, 5) is 24.4. The van der Waals surface area contributed by atoms with Crippen LogP contribution >= 0.6 is 0 Å². The molecule has 25 heavy (non-hydrogen) atoms. The summed E-state index contributed by atoms with van der Waals surface area (Å²) in [6.45, 7) is 2.28. The van der Waals surface area contributed by atoms with Crippen LogP contribution in [-0.4, -0.2) is 28.2 Å². The molecule has 0 unspecified atom stereocenters. The van der Waals surface area contributed by atoms with E-state index in [1.54, 1.807) is 42.5 Å². The van der Waals surface area contributed by atoms with Crippen molar-refractivity contribution in [3.8, 4) is 11.6 Å². The van der Waals surface area contributed by atoms with E-state index >= 15 is 0 Å². The number of primary amides is 1. The fourth-order valence-electron chi connectivity index (χ4n) is 2.68. The molecule has 0 bridgehead atoms. The molecular formula is C18H17N3O4. The first-order valence-electron chi connectivity index (χ1n) is 7.69. The Bertz CT molecular complexity index is 948. The molecule has 7 nitrogen and oxygen atoms in total. The Morgan fingerprint density at radius 3 is 2.56 bits per heavy atom. The fraction of sp³-hybridized carbons (Fsp3) is 0.111. The molecule has 3 aromatic rings. The predicted molar refractivity (Wildman–Crippen MR) is 94.1 cm³/mol. The summed E-state index contributed by atoms with van der Waals surface area (Å²) in [5, 5.41) is 13.5. The molecule has 1 heterocycles. The number of aromatic hydroxyl groups is 1.